The molecule has 0 fully saturated rings. The number of nitrogens with zero attached hydrogens (tertiary/aromatic N) is 1. The molecule has 0 spiro atoms. The average molecular weight is 553 g/mol. The van der Waals surface area contributed by atoms with Crippen molar-refractivity contribution >= 4 is 39.7 Å². The van der Waals surface area contributed by atoms with Gasteiger partial charge in [0.15, 0.2) is 0 Å². The van der Waals surface area contributed by atoms with Crippen LogP contribution in [0.2, 0.25) is 0 Å². The number of rotatable bonds is 8. The molecule has 1 atom stereocenters. The molecule has 2 heterocycles. The summed E-state index contributed by atoms with van der Waals surface area (Å²) in [7, 11) is -4.47. The molecule has 0 saturated heterocycles. The number of sulfonamides is 1. The summed E-state index contributed by atoms with van der Waals surface area (Å²) >= 11 is 1.08. The molecule has 0 radical (unpaired) electrons. The summed E-state index contributed by atoms with van der Waals surface area (Å²) in [5, 5.41) is 11.9. The number of aliphatic carboxylic acids is 1. The summed E-state index contributed by atoms with van der Waals surface area (Å²) < 4.78 is 73.0. The molecule has 2 aromatic carbocycles. The van der Waals surface area contributed by atoms with E-state index in [1.807, 2.05) is 0 Å². The van der Waals surface area contributed by atoms with Crippen molar-refractivity contribution in [1.29, 1.82) is 0 Å². The van der Waals surface area contributed by atoms with Gasteiger partial charge in [-0.05, 0) is 35.9 Å². The lowest BCUT2D eigenvalue weighted by Gasteiger charge is -2.22. The quantitative estimate of drug-likeness (QED) is 0.366. The summed E-state index contributed by atoms with van der Waals surface area (Å²) in [4.78, 5) is 24.6. The number of carboxylic acids is 1. The number of nitrogens with one attached hydrogen (secondary N) is 3. The van der Waals surface area contributed by atoms with Crippen LogP contribution in [0.15, 0.2) is 83.7 Å². The van der Waals surface area contributed by atoms with Crippen molar-refractivity contribution < 1.29 is 36.3 Å². The number of carbonyl (C=O) groups is 2. The number of allylic oxidation sites excluding steroid dienone is 2. The maximum Gasteiger partial charge on any atom is 0.416 e. The Labute approximate surface area is 214 Å². The first-order chi connectivity index (χ1) is 17.5. The first-order valence-corrected chi connectivity index (χ1v) is 12.8. The number of amides is 1. The van der Waals surface area contributed by atoms with E-state index < -0.39 is 50.9 Å². The minimum Gasteiger partial charge on any atom is -0.480 e. The molecule has 9 nitrogen and oxygen atoms in total. The van der Waals surface area contributed by atoms with E-state index in [1.54, 1.807) is 36.5 Å². The highest BCUT2D eigenvalue weighted by Crippen LogP contribution is 2.36. The van der Waals surface area contributed by atoms with Gasteiger partial charge in [-0.2, -0.15) is 13.2 Å². The summed E-state index contributed by atoms with van der Waals surface area (Å²) in [5.41, 5.74) is -1.50. The standard InChI is InChI=1S/C23H19F3N4O5S2/c24-23(25,26)15-8-9-16(21(31)28-18(22(32)33)11-14-5-2-1-3-6-14)17(12-15)29-37(34,35)20-7-4-10-30-19(20)13-27-36-30/h1-10,12-13,18,27,29H,11H2,(H,28,31)(H,32,33). The Bertz CT molecular complexity index is 1420. The zero-order chi connectivity index (χ0) is 26.8. The zero-order valence-electron chi connectivity index (χ0n) is 18.7. The fraction of sp³-hybridized carbons (Fsp3) is 0.130. The number of anilines is 1. The van der Waals surface area contributed by atoms with Crippen molar-refractivity contribution in [3.63, 3.8) is 0 Å². The van der Waals surface area contributed by atoms with Gasteiger partial charge in [0, 0.05) is 18.8 Å². The summed E-state index contributed by atoms with van der Waals surface area (Å²) in [5.74, 6) is -2.44. The van der Waals surface area contributed by atoms with Crippen molar-refractivity contribution in [3.8, 4) is 0 Å². The van der Waals surface area contributed by atoms with Gasteiger partial charge in [0.1, 0.15) is 10.9 Å². The highest BCUT2D eigenvalue weighted by Gasteiger charge is 2.34. The minimum absolute atomic E-state index is 0.0997. The number of benzene rings is 2. The van der Waals surface area contributed by atoms with E-state index in [0.29, 0.717) is 17.7 Å². The van der Waals surface area contributed by atoms with Gasteiger partial charge in [-0.15, -0.1) is 0 Å². The SMILES string of the molecule is O=C(NC(Cc1ccccc1)C(=O)O)c1ccc(C(F)(F)F)cc1NS(=O)(=O)C1=CC=CN2SNC=C12. The second-order valence-electron chi connectivity index (χ2n) is 7.85. The minimum atomic E-state index is -4.83. The second-order valence-corrected chi connectivity index (χ2v) is 10.3. The van der Waals surface area contributed by atoms with Crippen LogP contribution in [-0.2, 0) is 27.4 Å². The van der Waals surface area contributed by atoms with Crippen LogP contribution in [0.4, 0.5) is 18.9 Å². The van der Waals surface area contributed by atoms with Gasteiger partial charge in [-0.25, -0.2) is 13.2 Å². The van der Waals surface area contributed by atoms with E-state index in [9.17, 15) is 36.3 Å². The molecule has 0 aliphatic carbocycles. The molecule has 0 aromatic heterocycles. The van der Waals surface area contributed by atoms with Gasteiger partial charge >= 0.3 is 12.1 Å². The topological polar surface area (TPSA) is 128 Å². The number of hydrogen-bond donors (Lipinski definition) is 4. The Kier molecular flexibility index (Phi) is 7.23. The molecular weight excluding hydrogens is 533 g/mol. The monoisotopic (exact) mass is 552 g/mol. The lowest BCUT2D eigenvalue weighted by atomic mass is 10.0. The van der Waals surface area contributed by atoms with Crippen LogP contribution < -0.4 is 14.8 Å². The Morgan fingerprint density at radius 3 is 2.54 bits per heavy atom. The first kappa shape index (κ1) is 26.2. The second kappa shape index (κ2) is 10.2. The van der Waals surface area contributed by atoms with E-state index in [-0.39, 0.29) is 17.0 Å². The van der Waals surface area contributed by atoms with Crippen molar-refractivity contribution in [2.75, 3.05) is 4.72 Å². The van der Waals surface area contributed by atoms with Gasteiger partial charge in [-0.3, -0.25) is 13.8 Å². The van der Waals surface area contributed by atoms with Gasteiger partial charge in [0.25, 0.3) is 15.9 Å². The summed E-state index contributed by atoms with van der Waals surface area (Å²) in [6.45, 7) is 0. The lowest BCUT2D eigenvalue weighted by Crippen LogP contribution is -2.42. The molecule has 1 unspecified atom stereocenters. The van der Waals surface area contributed by atoms with Crippen molar-refractivity contribution in [2.24, 2.45) is 0 Å². The molecule has 4 N–H and O–H groups in total. The molecule has 2 aromatic rings. The maximum absolute atomic E-state index is 13.4. The van der Waals surface area contributed by atoms with Gasteiger partial charge < -0.3 is 15.1 Å². The number of carbonyl (C=O) groups excluding carboxylic acids is 1. The van der Waals surface area contributed by atoms with Gasteiger partial charge in [0.2, 0.25) is 0 Å². The molecule has 37 heavy (non-hydrogen) atoms. The molecule has 2 aliphatic heterocycles. The molecule has 14 heteroatoms. The van der Waals surface area contributed by atoms with Crippen LogP contribution in [0.1, 0.15) is 21.5 Å². The van der Waals surface area contributed by atoms with Crippen molar-refractivity contribution in [1.82, 2.24) is 14.3 Å². The third-order valence-electron chi connectivity index (χ3n) is 5.32. The predicted octanol–water partition coefficient (Wildman–Crippen LogP) is 3.59. The first-order valence-electron chi connectivity index (χ1n) is 10.6. The Balaban J connectivity index is 1.67. The van der Waals surface area contributed by atoms with Gasteiger partial charge in [-0.1, -0.05) is 30.3 Å². The Morgan fingerprint density at radius 2 is 1.86 bits per heavy atom. The third-order valence-corrected chi connectivity index (χ3v) is 7.47. The van der Waals surface area contributed by atoms with Crippen LogP contribution in [0.5, 0.6) is 0 Å². The van der Waals surface area contributed by atoms with Crippen molar-refractivity contribution in [2.45, 2.75) is 18.6 Å². The number of carboxylic acid groups (broad SMARTS) is 1. The van der Waals surface area contributed by atoms with Crippen LogP contribution in [0.3, 0.4) is 0 Å². The Morgan fingerprint density at radius 1 is 1.14 bits per heavy atom. The molecule has 2 aliphatic rings. The average Bonchev–Trinajstić information content (AvgIpc) is 3.32. The van der Waals surface area contributed by atoms with E-state index in [4.69, 9.17) is 0 Å². The number of halogens is 3. The molecule has 4 rings (SSSR count). The lowest BCUT2D eigenvalue weighted by molar-refractivity contribution is -0.139. The van der Waals surface area contributed by atoms with Crippen molar-refractivity contribution in [3.05, 3.63) is 100 Å². The predicted molar refractivity (Wildman–Crippen MR) is 131 cm³/mol. The zero-order valence-corrected chi connectivity index (χ0v) is 20.3. The van der Waals surface area contributed by atoms with Crippen LogP contribution in [-0.4, -0.2) is 35.7 Å². The van der Waals surface area contributed by atoms with E-state index in [1.165, 1.54) is 22.7 Å². The fourth-order valence-corrected chi connectivity index (χ4v) is 5.53. The van der Waals surface area contributed by atoms with Crippen LogP contribution >= 0.6 is 12.1 Å². The van der Waals surface area contributed by atoms with E-state index in [0.717, 1.165) is 18.2 Å². The van der Waals surface area contributed by atoms with E-state index >= 15 is 0 Å². The van der Waals surface area contributed by atoms with Crippen LogP contribution in [0.25, 0.3) is 0 Å². The fourth-order valence-electron chi connectivity index (χ4n) is 3.55. The molecular formula is C23H19F3N4O5S2. The highest BCUT2D eigenvalue weighted by atomic mass is 32.2. The van der Waals surface area contributed by atoms with Crippen LogP contribution in [0, 0.1) is 0 Å². The third kappa shape index (κ3) is 5.91. The molecule has 1 amide bonds. The van der Waals surface area contributed by atoms with Gasteiger partial charge in [0.05, 0.1) is 34.6 Å². The highest BCUT2D eigenvalue weighted by molar-refractivity contribution is 7.97. The number of fused-ring (bicyclic) bond motifs is 1. The molecule has 194 valence electrons. The Hall–Kier alpha value is -3.91. The number of alkyl halides is 3. The molecule has 0 saturated carbocycles. The summed E-state index contributed by atoms with van der Waals surface area (Å²) in [6, 6.07) is 8.88. The van der Waals surface area contributed by atoms with E-state index in [2.05, 4.69) is 14.8 Å². The molecule has 0 bridgehead atoms. The maximum atomic E-state index is 13.4. The largest absolute Gasteiger partial charge is 0.480 e. The smallest absolute Gasteiger partial charge is 0.416 e. The number of hydrogen-bond acceptors (Lipinski definition) is 7. The summed E-state index contributed by atoms with van der Waals surface area (Å²) in [6.07, 6.45) is 0.748. The normalized spacial score (nSPS) is 15.7.